The van der Waals surface area contributed by atoms with E-state index in [-0.39, 0.29) is 11.5 Å². The molecule has 0 aliphatic carbocycles. The monoisotopic (exact) mass is 210 g/mol. The third kappa shape index (κ3) is 3.08. The van der Waals surface area contributed by atoms with Crippen molar-refractivity contribution in [1.82, 2.24) is 9.78 Å². The van der Waals surface area contributed by atoms with Crippen LogP contribution in [0.4, 0.5) is 0 Å². The molecule has 0 bridgehead atoms. The van der Waals surface area contributed by atoms with Gasteiger partial charge in [-0.1, -0.05) is 6.92 Å². The Morgan fingerprint density at radius 2 is 2.20 bits per heavy atom. The van der Waals surface area contributed by atoms with Gasteiger partial charge in [-0.05, 0) is 32.8 Å². The Hall–Kier alpha value is -1.32. The second-order valence-electron chi connectivity index (χ2n) is 4.91. The molecule has 4 nitrogen and oxygen atoms in total. The van der Waals surface area contributed by atoms with Gasteiger partial charge >= 0.3 is 5.97 Å². The van der Waals surface area contributed by atoms with Crippen molar-refractivity contribution in [2.24, 2.45) is 5.92 Å². The highest BCUT2D eigenvalue weighted by atomic mass is 16.4. The number of hydrogen-bond acceptors (Lipinski definition) is 2. The van der Waals surface area contributed by atoms with Crippen LogP contribution < -0.4 is 0 Å². The van der Waals surface area contributed by atoms with Crippen molar-refractivity contribution < 1.29 is 9.90 Å². The van der Waals surface area contributed by atoms with Gasteiger partial charge in [0.2, 0.25) is 0 Å². The molecule has 0 aromatic carbocycles. The van der Waals surface area contributed by atoms with Crippen LogP contribution in [0.25, 0.3) is 0 Å². The molecule has 84 valence electrons. The van der Waals surface area contributed by atoms with Gasteiger partial charge < -0.3 is 5.11 Å². The molecular formula is C11H18N2O2. The molecule has 0 amide bonds. The number of aliphatic carboxylic acids is 1. The number of carbonyl (C=O) groups is 1. The van der Waals surface area contributed by atoms with Crippen molar-refractivity contribution >= 4 is 5.97 Å². The van der Waals surface area contributed by atoms with Gasteiger partial charge in [0.05, 0.1) is 17.7 Å². The first-order chi connectivity index (χ1) is 6.80. The van der Waals surface area contributed by atoms with Gasteiger partial charge in [0.25, 0.3) is 0 Å². The summed E-state index contributed by atoms with van der Waals surface area (Å²) in [5.41, 5.74) is 0.921. The first kappa shape index (κ1) is 11.8. The van der Waals surface area contributed by atoms with Gasteiger partial charge in [-0.25, -0.2) is 0 Å². The minimum Gasteiger partial charge on any atom is -0.481 e. The number of carboxylic acid groups (broad SMARTS) is 1. The fourth-order valence-electron chi connectivity index (χ4n) is 1.27. The molecule has 1 atom stereocenters. The number of nitrogens with zero attached hydrogens (tertiary/aromatic N) is 2. The van der Waals surface area contributed by atoms with E-state index in [2.05, 4.69) is 25.9 Å². The second kappa shape index (κ2) is 4.04. The molecule has 1 N–H and O–H groups in total. The zero-order valence-electron chi connectivity index (χ0n) is 9.69. The van der Waals surface area contributed by atoms with E-state index in [1.807, 2.05) is 10.9 Å². The maximum Gasteiger partial charge on any atom is 0.306 e. The number of rotatable bonds is 3. The normalized spacial score (nSPS) is 13.9. The van der Waals surface area contributed by atoms with Crippen LogP contribution in [0, 0.1) is 5.92 Å². The lowest BCUT2D eigenvalue weighted by atomic mass is 10.0. The zero-order chi connectivity index (χ0) is 11.6. The Balaban J connectivity index is 2.73. The summed E-state index contributed by atoms with van der Waals surface area (Å²) >= 11 is 0. The van der Waals surface area contributed by atoms with Gasteiger partial charge in [0, 0.05) is 6.20 Å². The summed E-state index contributed by atoms with van der Waals surface area (Å²) in [4.78, 5) is 10.7. The maximum atomic E-state index is 10.7. The van der Waals surface area contributed by atoms with Gasteiger partial charge in [0.1, 0.15) is 0 Å². The average Bonchev–Trinajstić information content (AvgIpc) is 2.51. The predicted molar refractivity (Wildman–Crippen MR) is 57.7 cm³/mol. The van der Waals surface area contributed by atoms with Crippen molar-refractivity contribution in [1.29, 1.82) is 0 Å². The molecule has 1 unspecified atom stereocenters. The zero-order valence-corrected chi connectivity index (χ0v) is 9.69. The molecule has 1 aromatic heterocycles. The first-order valence-corrected chi connectivity index (χ1v) is 5.07. The first-order valence-electron chi connectivity index (χ1n) is 5.07. The third-order valence-electron chi connectivity index (χ3n) is 2.29. The summed E-state index contributed by atoms with van der Waals surface area (Å²) in [5.74, 6) is -1.12. The molecule has 0 fully saturated rings. The van der Waals surface area contributed by atoms with Crippen molar-refractivity contribution in [3.63, 3.8) is 0 Å². The Morgan fingerprint density at radius 1 is 1.60 bits per heavy atom. The lowest BCUT2D eigenvalue weighted by molar-refractivity contribution is -0.141. The van der Waals surface area contributed by atoms with E-state index in [4.69, 9.17) is 5.11 Å². The summed E-state index contributed by atoms with van der Waals surface area (Å²) < 4.78 is 1.86. The van der Waals surface area contributed by atoms with Crippen LogP contribution in [0.2, 0.25) is 0 Å². The smallest absolute Gasteiger partial charge is 0.306 e. The molecule has 1 rings (SSSR count). The van der Waals surface area contributed by atoms with E-state index >= 15 is 0 Å². The average molecular weight is 210 g/mol. The van der Waals surface area contributed by atoms with E-state index in [1.165, 1.54) is 0 Å². The molecule has 15 heavy (non-hydrogen) atoms. The molecule has 0 aliphatic rings. The van der Waals surface area contributed by atoms with Crippen LogP contribution in [-0.2, 0) is 16.8 Å². The van der Waals surface area contributed by atoms with Crippen LogP contribution in [-0.4, -0.2) is 20.9 Å². The van der Waals surface area contributed by atoms with Gasteiger partial charge in [0.15, 0.2) is 0 Å². The van der Waals surface area contributed by atoms with Crippen LogP contribution >= 0.6 is 0 Å². The second-order valence-corrected chi connectivity index (χ2v) is 4.91. The van der Waals surface area contributed by atoms with Crippen LogP contribution in [0.3, 0.4) is 0 Å². The lowest BCUT2D eigenvalue weighted by Crippen LogP contribution is -2.22. The Kier molecular flexibility index (Phi) is 3.17. The fourth-order valence-corrected chi connectivity index (χ4v) is 1.27. The highest BCUT2D eigenvalue weighted by Gasteiger charge is 2.16. The van der Waals surface area contributed by atoms with E-state index < -0.39 is 5.97 Å². The van der Waals surface area contributed by atoms with E-state index in [0.717, 1.165) is 5.56 Å². The summed E-state index contributed by atoms with van der Waals surface area (Å²) in [5, 5.41) is 13.0. The van der Waals surface area contributed by atoms with Crippen molar-refractivity contribution in [3.8, 4) is 0 Å². The quantitative estimate of drug-likeness (QED) is 0.829. The molecule has 0 radical (unpaired) electrons. The maximum absolute atomic E-state index is 10.7. The van der Waals surface area contributed by atoms with Crippen molar-refractivity contribution in [3.05, 3.63) is 18.0 Å². The molecular weight excluding hydrogens is 192 g/mol. The largest absolute Gasteiger partial charge is 0.481 e. The van der Waals surface area contributed by atoms with Crippen LogP contribution in [0.5, 0.6) is 0 Å². The van der Waals surface area contributed by atoms with Crippen molar-refractivity contribution in [2.45, 2.75) is 39.7 Å². The van der Waals surface area contributed by atoms with Crippen molar-refractivity contribution in [2.75, 3.05) is 0 Å². The highest BCUT2D eigenvalue weighted by molar-refractivity contribution is 5.69. The van der Waals surface area contributed by atoms with Crippen LogP contribution in [0.1, 0.15) is 33.3 Å². The molecule has 0 saturated carbocycles. The predicted octanol–water partition coefficient (Wildman–Crippen LogP) is 1.90. The Morgan fingerprint density at radius 3 is 2.60 bits per heavy atom. The van der Waals surface area contributed by atoms with E-state index in [9.17, 15) is 4.79 Å². The van der Waals surface area contributed by atoms with E-state index in [0.29, 0.717) is 6.42 Å². The summed E-state index contributed by atoms with van der Waals surface area (Å²) in [6, 6.07) is 0. The third-order valence-corrected chi connectivity index (χ3v) is 2.29. The minimum atomic E-state index is -0.765. The summed E-state index contributed by atoms with van der Waals surface area (Å²) in [7, 11) is 0. The molecule has 1 heterocycles. The Labute approximate surface area is 89.9 Å². The SMILES string of the molecule is CC(Cc1cnn(C(C)(C)C)c1)C(=O)O. The summed E-state index contributed by atoms with van der Waals surface area (Å²) in [6.07, 6.45) is 4.19. The number of aromatic nitrogens is 2. The highest BCUT2D eigenvalue weighted by Crippen LogP contribution is 2.15. The summed E-state index contributed by atoms with van der Waals surface area (Å²) in [6.45, 7) is 7.88. The number of carboxylic acids is 1. The van der Waals surface area contributed by atoms with E-state index in [1.54, 1.807) is 13.1 Å². The molecule has 4 heteroatoms. The number of hydrogen-bond donors (Lipinski definition) is 1. The molecule has 0 spiro atoms. The Bertz CT molecular complexity index is 350. The topological polar surface area (TPSA) is 55.1 Å². The lowest BCUT2D eigenvalue weighted by Gasteiger charge is -2.18. The van der Waals surface area contributed by atoms with Gasteiger partial charge in [-0.15, -0.1) is 0 Å². The molecule has 1 aromatic rings. The minimum absolute atomic E-state index is 0.0509. The van der Waals surface area contributed by atoms with Gasteiger partial charge in [-0.3, -0.25) is 9.48 Å². The van der Waals surface area contributed by atoms with Gasteiger partial charge in [-0.2, -0.15) is 5.10 Å². The van der Waals surface area contributed by atoms with Crippen LogP contribution in [0.15, 0.2) is 12.4 Å². The molecule has 0 saturated heterocycles. The standard InChI is InChI=1S/C11H18N2O2/c1-8(10(14)15)5-9-6-12-13(7-9)11(2,3)4/h6-8H,5H2,1-4H3,(H,14,15). The fraction of sp³-hybridized carbons (Fsp3) is 0.636. The molecule has 0 aliphatic heterocycles.